The Morgan fingerprint density at radius 3 is 2.11 bits per heavy atom. The van der Waals surface area contributed by atoms with Crippen LogP contribution in [0.1, 0.15) is 20.8 Å². The summed E-state index contributed by atoms with van der Waals surface area (Å²) in [6.45, 7) is 5.74. The Hall–Kier alpha value is -1.18. The number of halogens is 1. The second-order valence-electron chi connectivity index (χ2n) is 4.27. The lowest BCUT2D eigenvalue weighted by Crippen LogP contribution is -1.90. The number of hydrogen-bond acceptors (Lipinski definition) is 3. The lowest BCUT2D eigenvalue weighted by atomic mass is 10.2. The van der Waals surface area contributed by atoms with Gasteiger partial charge in [-0.25, -0.2) is 4.57 Å². The highest BCUT2D eigenvalue weighted by Gasteiger charge is 2.34. The van der Waals surface area contributed by atoms with Crippen molar-refractivity contribution in [1.82, 2.24) is 0 Å². The monoisotopic (exact) mass is 284 g/mol. The van der Waals surface area contributed by atoms with Crippen LogP contribution >= 0.6 is 19.2 Å². The van der Waals surface area contributed by atoms with E-state index in [-0.39, 0.29) is 0 Å². The molecule has 0 amide bonds. The van der Waals surface area contributed by atoms with E-state index in [0.29, 0.717) is 16.5 Å². The number of hydrogen-bond donors (Lipinski definition) is 0. The van der Waals surface area contributed by atoms with E-state index >= 15 is 0 Å². The van der Waals surface area contributed by atoms with Gasteiger partial charge in [-0.3, -0.25) is 0 Å². The Kier molecular flexibility index (Phi) is 3.56. The van der Waals surface area contributed by atoms with E-state index in [1.165, 1.54) is 5.82 Å². The fourth-order valence-corrected chi connectivity index (χ4v) is 3.43. The molecule has 5 heteroatoms. The van der Waals surface area contributed by atoms with Gasteiger partial charge in [0.1, 0.15) is 0 Å². The van der Waals surface area contributed by atoms with E-state index in [9.17, 15) is 4.57 Å². The summed E-state index contributed by atoms with van der Waals surface area (Å²) in [5.41, 5.74) is 1.93. The second kappa shape index (κ2) is 4.83. The molecular weight excluding hydrogens is 271 g/mol. The highest BCUT2D eigenvalue weighted by atomic mass is 35.5. The van der Waals surface area contributed by atoms with E-state index in [2.05, 4.69) is 0 Å². The quantitative estimate of drug-likeness (QED) is 0.561. The molecule has 2 rings (SSSR count). The Balaban J connectivity index is 2.31. The molecule has 0 aromatic heterocycles. The summed E-state index contributed by atoms with van der Waals surface area (Å²) < 4.78 is 23.1. The molecule has 1 aliphatic rings. The maximum absolute atomic E-state index is 12.4. The average molecular weight is 285 g/mol. The standard InChI is InChI=1S/C13H14ClO3P/c1-9(2)10(3)11(14)8-18(15)16-12-6-4-5-7-13(12)17-18/h4-8H,1-3H3/b11-8-. The molecule has 3 nitrogen and oxygen atoms in total. The second-order valence-corrected chi connectivity index (χ2v) is 6.38. The lowest BCUT2D eigenvalue weighted by molar-refractivity contribution is 0.443. The molecule has 1 heterocycles. The van der Waals surface area contributed by atoms with E-state index in [4.69, 9.17) is 20.6 Å². The van der Waals surface area contributed by atoms with Gasteiger partial charge in [0.05, 0.1) is 10.8 Å². The third kappa shape index (κ3) is 2.63. The van der Waals surface area contributed by atoms with Gasteiger partial charge in [-0.2, -0.15) is 0 Å². The normalized spacial score (nSPS) is 16.6. The fourth-order valence-electron chi connectivity index (χ4n) is 1.42. The number of allylic oxidation sites excluding steroid dienone is 3. The zero-order valence-electron chi connectivity index (χ0n) is 10.4. The molecule has 18 heavy (non-hydrogen) atoms. The Labute approximate surface area is 112 Å². The predicted molar refractivity (Wildman–Crippen MR) is 73.3 cm³/mol. The maximum Gasteiger partial charge on any atom is 0.457 e. The predicted octanol–water partition coefficient (Wildman–Crippen LogP) is 5.09. The average Bonchev–Trinajstić information content (AvgIpc) is 2.63. The van der Waals surface area contributed by atoms with Crippen LogP contribution < -0.4 is 9.05 Å². The molecule has 0 saturated heterocycles. The van der Waals surface area contributed by atoms with Crippen LogP contribution in [0.5, 0.6) is 11.5 Å². The first-order valence-electron chi connectivity index (χ1n) is 5.52. The van der Waals surface area contributed by atoms with Crippen molar-refractivity contribution in [3.8, 4) is 11.5 Å². The molecule has 1 aromatic carbocycles. The van der Waals surface area contributed by atoms with Crippen molar-refractivity contribution in [2.24, 2.45) is 0 Å². The zero-order chi connectivity index (χ0) is 13.3. The Bertz CT molecular complexity index is 557. The van der Waals surface area contributed by atoms with Crippen molar-refractivity contribution >= 4 is 19.2 Å². The van der Waals surface area contributed by atoms with Crippen LogP contribution in [0.15, 0.2) is 46.3 Å². The fraction of sp³-hybridized carbons (Fsp3) is 0.231. The van der Waals surface area contributed by atoms with Gasteiger partial charge in [0.2, 0.25) is 0 Å². The van der Waals surface area contributed by atoms with Crippen molar-refractivity contribution in [1.29, 1.82) is 0 Å². The van der Waals surface area contributed by atoms with E-state index < -0.39 is 7.60 Å². The van der Waals surface area contributed by atoms with Crippen molar-refractivity contribution in [3.05, 3.63) is 46.3 Å². The minimum absolute atomic E-state index is 0.395. The molecular formula is C13H14ClO3P. The molecule has 0 unspecified atom stereocenters. The largest absolute Gasteiger partial charge is 0.457 e. The van der Waals surface area contributed by atoms with Gasteiger partial charge >= 0.3 is 7.60 Å². The Morgan fingerprint density at radius 2 is 1.67 bits per heavy atom. The summed E-state index contributed by atoms with van der Waals surface area (Å²) in [5.74, 6) is 2.32. The summed E-state index contributed by atoms with van der Waals surface area (Å²) in [4.78, 5) is 0. The van der Waals surface area contributed by atoms with E-state index in [1.807, 2.05) is 20.8 Å². The van der Waals surface area contributed by atoms with E-state index in [1.54, 1.807) is 24.3 Å². The molecule has 0 bridgehead atoms. The minimum Gasteiger partial charge on any atom is -0.409 e. The van der Waals surface area contributed by atoms with Crippen LogP contribution in [-0.4, -0.2) is 0 Å². The Morgan fingerprint density at radius 1 is 1.17 bits per heavy atom. The summed E-state index contributed by atoms with van der Waals surface area (Å²) in [6, 6.07) is 7.02. The molecule has 0 spiro atoms. The van der Waals surface area contributed by atoms with Crippen molar-refractivity contribution in [2.45, 2.75) is 20.8 Å². The van der Waals surface area contributed by atoms with Crippen LogP contribution in [0.2, 0.25) is 0 Å². The molecule has 0 atom stereocenters. The van der Waals surface area contributed by atoms with Gasteiger partial charge in [0.15, 0.2) is 11.5 Å². The first-order chi connectivity index (χ1) is 8.41. The molecule has 0 radical (unpaired) electrons. The molecule has 0 fully saturated rings. The molecule has 0 N–H and O–H groups in total. The number of para-hydroxylation sites is 2. The van der Waals surface area contributed by atoms with Crippen LogP contribution in [-0.2, 0) is 4.57 Å². The highest BCUT2D eigenvalue weighted by molar-refractivity contribution is 7.58. The van der Waals surface area contributed by atoms with Gasteiger partial charge < -0.3 is 9.05 Å². The third-order valence-corrected chi connectivity index (χ3v) is 4.70. The van der Waals surface area contributed by atoms with Crippen LogP contribution in [0, 0.1) is 0 Å². The minimum atomic E-state index is -3.33. The summed E-state index contributed by atoms with van der Waals surface area (Å²) >= 11 is 6.11. The molecule has 1 aromatic rings. The number of rotatable bonds is 2. The smallest absolute Gasteiger partial charge is 0.409 e. The molecule has 0 saturated carbocycles. The van der Waals surface area contributed by atoms with Crippen LogP contribution in [0.3, 0.4) is 0 Å². The topological polar surface area (TPSA) is 35.5 Å². The van der Waals surface area contributed by atoms with Gasteiger partial charge in [0.25, 0.3) is 0 Å². The van der Waals surface area contributed by atoms with Crippen molar-refractivity contribution in [2.75, 3.05) is 0 Å². The number of benzene rings is 1. The van der Waals surface area contributed by atoms with Crippen LogP contribution in [0.25, 0.3) is 0 Å². The summed E-state index contributed by atoms with van der Waals surface area (Å²) in [7, 11) is -3.33. The highest BCUT2D eigenvalue weighted by Crippen LogP contribution is 2.60. The molecule has 96 valence electrons. The molecule has 0 aliphatic carbocycles. The SMILES string of the molecule is CC(C)=C(C)/C(Cl)=C/P1(=O)Oc2ccccc2O1. The zero-order valence-corrected chi connectivity index (χ0v) is 12.1. The summed E-state index contributed by atoms with van der Waals surface area (Å²) in [6.07, 6.45) is 0. The van der Waals surface area contributed by atoms with Gasteiger partial charge in [0, 0.05) is 0 Å². The van der Waals surface area contributed by atoms with Gasteiger partial charge in [-0.15, -0.1) is 0 Å². The lowest BCUT2D eigenvalue weighted by Gasteiger charge is -2.07. The van der Waals surface area contributed by atoms with Gasteiger partial charge in [-0.1, -0.05) is 29.3 Å². The maximum atomic E-state index is 12.4. The van der Waals surface area contributed by atoms with E-state index in [0.717, 1.165) is 11.1 Å². The third-order valence-electron chi connectivity index (χ3n) is 2.68. The molecule has 1 aliphatic heterocycles. The number of fused-ring (bicyclic) bond motifs is 1. The van der Waals surface area contributed by atoms with Crippen molar-refractivity contribution < 1.29 is 13.6 Å². The van der Waals surface area contributed by atoms with Gasteiger partial charge in [-0.05, 0) is 38.5 Å². The van der Waals surface area contributed by atoms with Crippen molar-refractivity contribution in [3.63, 3.8) is 0 Å². The summed E-state index contributed by atoms with van der Waals surface area (Å²) in [5, 5.41) is 0.395. The first kappa shape index (κ1) is 13.3. The first-order valence-corrected chi connectivity index (χ1v) is 7.51. The van der Waals surface area contributed by atoms with Crippen LogP contribution in [0.4, 0.5) is 0 Å².